The Morgan fingerprint density at radius 3 is 2.88 bits per heavy atom. The number of hydrogen-bond acceptors (Lipinski definition) is 6. The molecule has 3 aromatic heterocycles. The highest BCUT2D eigenvalue weighted by molar-refractivity contribution is 5.87. The van der Waals surface area contributed by atoms with Crippen LogP contribution in [0.4, 0.5) is 11.6 Å². The Balaban J connectivity index is 1.71. The lowest BCUT2D eigenvalue weighted by molar-refractivity contribution is 0.356. The lowest BCUT2D eigenvalue weighted by Crippen LogP contribution is -2.52. The topological polar surface area (TPSA) is 73.8 Å². The van der Waals surface area contributed by atoms with Crippen LogP contribution in [-0.2, 0) is 0 Å². The van der Waals surface area contributed by atoms with Crippen LogP contribution in [-0.4, -0.2) is 44.9 Å². The third kappa shape index (κ3) is 2.90. The first-order valence-electron chi connectivity index (χ1n) is 8.71. The molecule has 0 spiro atoms. The molecule has 0 radical (unpaired) electrons. The number of anilines is 2. The Labute approximate surface area is 147 Å². The molecule has 130 valence electrons. The van der Waals surface area contributed by atoms with Crippen molar-refractivity contribution in [3.63, 3.8) is 0 Å². The average Bonchev–Trinajstić information content (AvgIpc) is 3.10. The molecule has 4 heterocycles. The Kier molecular flexibility index (Phi) is 3.99. The predicted molar refractivity (Wildman–Crippen MR) is 98.6 cm³/mol. The Hall–Kier alpha value is -2.70. The molecule has 1 aliphatic heterocycles. The van der Waals surface area contributed by atoms with Gasteiger partial charge in [-0.1, -0.05) is 6.92 Å². The fraction of sp³-hybridized carbons (Fsp3) is 0.444. The zero-order valence-corrected chi connectivity index (χ0v) is 14.8. The molecule has 1 aliphatic rings. The van der Waals surface area contributed by atoms with Gasteiger partial charge >= 0.3 is 0 Å². The van der Waals surface area contributed by atoms with E-state index in [0.29, 0.717) is 5.92 Å². The molecule has 1 fully saturated rings. The van der Waals surface area contributed by atoms with Crippen molar-refractivity contribution in [2.24, 2.45) is 5.92 Å². The fourth-order valence-corrected chi connectivity index (χ4v) is 3.57. The van der Waals surface area contributed by atoms with Crippen LogP contribution in [0.25, 0.3) is 11.0 Å². The number of aromatic amines is 1. The Bertz CT molecular complexity index is 857. The van der Waals surface area contributed by atoms with Crippen molar-refractivity contribution in [1.29, 1.82) is 0 Å². The summed E-state index contributed by atoms with van der Waals surface area (Å²) in [6.45, 7) is 5.24. The maximum atomic E-state index is 4.55. The molecule has 7 heteroatoms. The molecule has 0 amide bonds. The first kappa shape index (κ1) is 15.8. The highest BCUT2D eigenvalue weighted by atomic mass is 15.4. The number of fused-ring (bicyclic) bond motifs is 1. The van der Waals surface area contributed by atoms with E-state index < -0.39 is 0 Å². The lowest BCUT2D eigenvalue weighted by atomic mass is 9.95. The van der Waals surface area contributed by atoms with Crippen molar-refractivity contribution in [1.82, 2.24) is 25.1 Å². The van der Waals surface area contributed by atoms with E-state index in [1.807, 2.05) is 25.3 Å². The van der Waals surface area contributed by atoms with Gasteiger partial charge in [-0.05, 0) is 43.9 Å². The SMILES string of the molecule is Cc1ccc(N2CCC(C)CC2N(C)c2ncnc3[nH]ccc23)nn1. The van der Waals surface area contributed by atoms with Gasteiger partial charge in [0.1, 0.15) is 24.0 Å². The van der Waals surface area contributed by atoms with Crippen molar-refractivity contribution in [3.8, 4) is 0 Å². The van der Waals surface area contributed by atoms with Gasteiger partial charge in [-0.25, -0.2) is 9.97 Å². The quantitative estimate of drug-likeness (QED) is 0.792. The van der Waals surface area contributed by atoms with E-state index >= 15 is 0 Å². The van der Waals surface area contributed by atoms with E-state index in [2.05, 4.69) is 55.0 Å². The number of hydrogen-bond donors (Lipinski definition) is 1. The number of rotatable bonds is 3. The molecule has 3 aromatic rings. The summed E-state index contributed by atoms with van der Waals surface area (Å²) in [4.78, 5) is 16.6. The molecule has 1 saturated heterocycles. The van der Waals surface area contributed by atoms with E-state index in [1.165, 1.54) is 0 Å². The fourth-order valence-electron chi connectivity index (χ4n) is 3.57. The molecule has 0 aromatic carbocycles. The van der Waals surface area contributed by atoms with Gasteiger partial charge in [0.15, 0.2) is 5.82 Å². The second-order valence-corrected chi connectivity index (χ2v) is 6.88. The molecule has 2 unspecified atom stereocenters. The minimum atomic E-state index is 0.189. The zero-order chi connectivity index (χ0) is 17.4. The summed E-state index contributed by atoms with van der Waals surface area (Å²) in [7, 11) is 2.10. The van der Waals surface area contributed by atoms with Gasteiger partial charge in [0.05, 0.1) is 11.1 Å². The number of piperidine rings is 1. The highest BCUT2D eigenvalue weighted by Crippen LogP contribution is 2.32. The van der Waals surface area contributed by atoms with Crippen LogP contribution >= 0.6 is 0 Å². The van der Waals surface area contributed by atoms with Gasteiger partial charge in [-0.3, -0.25) is 0 Å². The summed E-state index contributed by atoms with van der Waals surface area (Å²) in [6, 6.07) is 6.11. The van der Waals surface area contributed by atoms with E-state index in [4.69, 9.17) is 0 Å². The monoisotopic (exact) mass is 337 g/mol. The van der Waals surface area contributed by atoms with Crippen molar-refractivity contribution < 1.29 is 0 Å². The second kappa shape index (κ2) is 6.31. The van der Waals surface area contributed by atoms with Gasteiger partial charge < -0.3 is 14.8 Å². The van der Waals surface area contributed by atoms with Gasteiger partial charge in [-0.2, -0.15) is 5.10 Å². The van der Waals surface area contributed by atoms with Gasteiger partial charge in [-0.15, -0.1) is 5.10 Å². The van der Waals surface area contributed by atoms with E-state index in [9.17, 15) is 0 Å². The average molecular weight is 337 g/mol. The van der Waals surface area contributed by atoms with E-state index in [1.54, 1.807) is 6.33 Å². The second-order valence-electron chi connectivity index (χ2n) is 6.88. The number of H-pyrrole nitrogens is 1. The minimum Gasteiger partial charge on any atom is -0.346 e. The molecular weight excluding hydrogens is 314 g/mol. The first-order valence-corrected chi connectivity index (χ1v) is 8.71. The summed E-state index contributed by atoms with van der Waals surface area (Å²) in [5.74, 6) is 2.52. The van der Waals surface area contributed by atoms with Crippen LogP contribution in [0.1, 0.15) is 25.5 Å². The molecule has 7 nitrogen and oxygen atoms in total. The Morgan fingerprint density at radius 1 is 1.20 bits per heavy atom. The van der Waals surface area contributed by atoms with Crippen LogP contribution in [0.5, 0.6) is 0 Å². The van der Waals surface area contributed by atoms with E-state index in [0.717, 1.165) is 47.7 Å². The largest absolute Gasteiger partial charge is 0.346 e. The number of nitrogens with zero attached hydrogens (tertiary/aromatic N) is 6. The smallest absolute Gasteiger partial charge is 0.152 e. The molecule has 0 aliphatic carbocycles. The molecule has 2 atom stereocenters. The molecular formula is C18H23N7. The van der Waals surface area contributed by atoms with Crippen LogP contribution in [0.3, 0.4) is 0 Å². The van der Waals surface area contributed by atoms with Gasteiger partial charge in [0.2, 0.25) is 0 Å². The third-order valence-corrected chi connectivity index (χ3v) is 5.03. The number of nitrogens with one attached hydrogen (secondary N) is 1. The van der Waals surface area contributed by atoms with Gasteiger partial charge in [0, 0.05) is 19.8 Å². The van der Waals surface area contributed by atoms with E-state index in [-0.39, 0.29) is 6.17 Å². The van der Waals surface area contributed by atoms with Crippen molar-refractivity contribution in [3.05, 3.63) is 36.4 Å². The molecule has 25 heavy (non-hydrogen) atoms. The maximum absolute atomic E-state index is 4.55. The van der Waals surface area contributed by atoms with Crippen LogP contribution < -0.4 is 9.80 Å². The summed E-state index contributed by atoms with van der Waals surface area (Å²) in [5.41, 5.74) is 1.80. The molecule has 1 N–H and O–H groups in total. The highest BCUT2D eigenvalue weighted by Gasteiger charge is 2.32. The first-order chi connectivity index (χ1) is 12.1. The molecule has 0 saturated carbocycles. The predicted octanol–water partition coefficient (Wildman–Crippen LogP) is 2.76. The minimum absolute atomic E-state index is 0.189. The number of aryl methyl sites for hydroxylation is 1. The summed E-state index contributed by atoms with van der Waals surface area (Å²) < 4.78 is 0. The Morgan fingerprint density at radius 2 is 2.08 bits per heavy atom. The summed E-state index contributed by atoms with van der Waals surface area (Å²) >= 11 is 0. The zero-order valence-electron chi connectivity index (χ0n) is 14.8. The van der Waals surface area contributed by atoms with Crippen molar-refractivity contribution in [2.75, 3.05) is 23.4 Å². The summed E-state index contributed by atoms with van der Waals surface area (Å²) in [6.07, 6.45) is 5.93. The normalized spacial score (nSPS) is 20.8. The van der Waals surface area contributed by atoms with Crippen molar-refractivity contribution in [2.45, 2.75) is 32.9 Å². The molecule has 0 bridgehead atoms. The van der Waals surface area contributed by atoms with Gasteiger partial charge in [0.25, 0.3) is 0 Å². The lowest BCUT2D eigenvalue weighted by Gasteiger charge is -2.44. The van der Waals surface area contributed by atoms with Crippen LogP contribution in [0.15, 0.2) is 30.7 Å². The van der Waals surface area contributed by atoms with Crippen LogP contribution in [0, 0.1) is 12.8 Å². The van der Waals surface area contributed by atoms with Crippen LogP contribution in [0.2, 0.25) is 0 Å². The number of aromatic nitrogens is 5. The summed E-state index contributed by atoms with van der Waals surface area (Å²) in [5, 5.41) is 9.70. The van der Waals surface area contributed by atoms with Crippen molar-refractivity contribution >= 4 is 22.7 Å². The standard InChI is InChI=1S/C18H23N7/c1-12-7-9-25(15-5-4-13(2)22-23-15)16(10-12)24(3)18-14-6-8-19-17(14)20-11-21-18/h4-6,8,11-12,16H,7,9-10H2,1-3H3,(H,19,20,21). The third-order valence-electron chi connectivity index (χ3n) is 5.03. The molecule has 4 rings (SSSR count). The maximum Gasteiger partial charge on any atom is 0.152 e.